The van der Waals surface area contributed by atoms with Crippen molar-refractivity contribution in [3.63, 3.8) is 0 Å². The van der Waals surface area contributed by atoms with Gasteiger partial charge in [-0.05, 0) is 38.0 Å². The number of ether oxygens (including phenoxy) is 1. The molecule has 1 aliphatic carbocycles. The summed E-state index contributed by atoms with van der Waals surface area (Å²) in [4.78, 5) is 11.3. The molecule has 0 bridgehead atoms. The minimum atomic E-state index is -0.478. The van der Waals surface area contributed by atoms with Gasteiger partial charge in [-0.1, -0.05) is 5.21 Å². The van der Waals surface area contributed by atoms with Crippen molar-refractivity contribution in [1.29, 1.82) is 0 Å². The van der Waals surface area contributed by atoms with Gasteiger partial charge in [-0.25, -0.2) is 4.68 Å². The predicted molar refractivity (Wildman–Crippen MR) is 66.1 cm³/mol. The number of methoxy groups -OCH3 is 1. The number of rotatable bonds is 8. The SMILES string of the molecule is COCCCCn1nnc(C(N)=O)c1CC1CC1. The van der Waals surface area contributed by atoms with Gasteiger partial charge >= 0.3 is 0 Å². The largest absolute Gasteiger partial charge is 0.385 e. The van der Waals surface area contributed by atoms with Crippen LogP contribution in [0.25, 0.3) is 0 Å². The number of unbranched alkanes of at least 4 members (excludes halogenated alkanes) is 1. The molecule has 0 aromatic carbocycles. The third-order valence-electron chi connectivity index (χ3n) is 3.22. The molecule has 6 heteroatoms. The summed E-state index contributed by atoms with van der Waals surface area (Å²) < 4.78 is 6.84. The van der Waals surface area contributed by atoms with Crippen molar-refractivity contribution in [2.45, 2.75) is 38.6 Å². The summed E-state index contributed by atoms with van der Waals surface area (Å²) in [7, 11) is 1.69. The molecule has 0 radical (unpaired) electrons. The van der Waals surface area contributed by atoms with E-state index in [1.807, 2.05) is 4.68 Å². The fraction of sp³-hybridized carbons (Fsp3) is 0.750. The summed E-state index contributed by atoms with van der Waals surface area (Å²) in [6.45, 7) is 1.51. The number of aromatic nitrogens is 3. The number of nitrogens with two attached hydrogens (primary N) is 1. The zero-order valence-electron chi connectivity index (χ0n) is 10.8. The zero-order chi connectivity index (χ0) is 13.0. The molecule has 100 valence electrons. The van der Waals surface area contributed by atoms with Gasteiger partial charge in [-0.2, -0.15) is 0 Å². The first kappa shape index (κ1) is 13.0. The smallest absolute Gasteiger partial charge is 0.271 e. The summed E-state index contributed by atoms with van der Waals surface area (Å²) in [6, 6.07) is 0. The molecule has 0 aliphatic heterocycles. The molecule has 1 amide bonds. The fourth-order valence-corrected chi connectivity index (χ4v) is 2.01. The molecule has 1 aromatic rings. The van der Waals surface area contributed by atoms with Crippen molar-refractivity contribution in [1.82, 2.24) is 15.0 Å². The van der Waals surface area contributed by atoms with Crippen molar-refractivity contribution < 1.29 is 9.53 Å². The molecule has 1 aromatic heterocycles. The summed E-state index contributed by atoms with van der Waals surface area (Å²) >= 11 is 0. The summed E-state index contributed by atoms with van der Waals surface area (Å²) in [6.07, 6.45) is 5.27. The van der Waals surface area contributed by atoms with Gasteiger partial charge in [0, 0.05) is 20.3 Å². The van der Waals surface area contributed by atoms with Gasteiger partial charge in [0.05, 0.1) is 5.69 Å². The molecule has 1 saturated carbocycles. The maximum Gasteiger partial charge on any atom is 0.271 e. The predicted octanol–water partition coefficient (Wildman–Crippen LogP) is 0.756. The van der Waals surface area contributed by atoms with E-state index in [9.17, 15) is 4.79 Å². The van der Waals surface area contributed by atoms with Crippen LogP contribution >= 0.6 is 0 Å². The average molecular weight is 252 g/mol. The van der Waals surface area contributed by atoms with Crippen LogP contribution in [0.5, 0.6) is 0 Å². The minimum Gasteiger partial charge on any atom is -0.385 e. The lowest BCUT2D eigenvalue weighted by Crippen LogP contribution is -2.16. The Bertz CT molecular complexity index is 412. The van der Waals surface area contributed by atoms with Crippen molar-refractivity contribution in [3.05, 3.63) is 11.4 Å². The topological polar surface area (TPSA) is 83.0 Å². The van der Waals surface area contributed by atoms with Crippen molar-refractivity contribution >= 4 is 5.91 Å². The Hall–Kier alpha value is -1.43. The van der Waals surface area contributed by atoms with E-state index in [4.69, 9.17) is 10.5 Å². The van der Waals surface area contributed by atoms with Gasteiger partial charge < -0.3 is 10.5 Å². The van der Waals surface area contributed by atoms with Crippen LogP contribution in [-0.4, -0.2) is 34.6 Å². The normalized spacial score (nSPS) is 14.9. The lowest BCUT2D eigenvalue weighted by atomic mass is 10.1. The van der Waals surface area contributed by atoms with E-state index in [0.717, 1.165) is 38.1 Å². The van der Waals surface area contributed by atoms with Crippen LogP contribution in [0.2, 0.25) is 0 Å². The third-order valence-corrected chi connectivity index (χ3v) is 3.22. The first-order valence-electron chi connectivity index (χ1n) is 6.43. The quantitative estimate of drug-likeness (QED) is 0.692. The Balaban J connectivity index is 2.00. The van der Waals surface area contributed by atoms with Crippen LogP contribution in [0.4, 0.5) is 0 Å². The number of hydrogen-bond acceptors (Lipinski definition) is 4. The molecule has 0 unspecified atom stereocenters. The van der Waals surface area contributed by atoms with E-state index in [2.05, 4.69) is 10.3 Å². The van der Waals surface area contributed by atoms with E-state index in [1.54, 1.807) is 7.11 Å². The van der Waals surface area contributed by atoms with Gasteiger partial charge in [-0.3, -0.25) is 4.79 Å². The Morgan fingerprint density at radius 2 is 2.28 bits per heavy atom. The lowest BCUT2D eigenvalue weighted by molar-refractivity contribution is 0.0994. The van der Waals surface area contributed by atoms with E-state index < -0.39 is 5.91 Å². The highest BCUT2D eigenvalue weighted by Crippen LogP contribution is 2.33. The van der Waals surface area contributed by atoms with Crippen LogP contribution in [0.15, 0.2) is 0 Å². The highest BCUT2D eigenvalue weighted by molar-refractivity contribution is 5.91. The van der Waals surface area contributed by atoms with Gasteiger partial charge in [-0.15, -0.1) is 5.10 Å². The van der Waals surface area contributed by atoms with E-state index in [1.165, 1.54) is 12.8 Å². The molecule has 1 aliphatic rings. The van der Waals surface area contributed by atoms with Crippen LogP contribution < -0.4 is 5.73 Å². The van der Waals surface area contributed by atoms with Crippen LogP contribution in [0.1, 0.15) is 41.9 Å². The summed E-state index contributed by atoms with van der Waals surface area (Å²) in [5.41, 5.74) is 6.57. The molecule has 18 heavy (non-hydrogen) atoms. The van der Waals surface area contributed by atoms with Crippen LogP contribution in [0, 0.1) is 5.92 Å². The number of carbonyl (C=O) groups is 1. The molecule has 2 rings (SSSR count). The number of primary amides is 1. The molecular weight excluding hydrogens is 232 g/mol. The molecule has 2 N–H and O–H groups in total. The van der Waals surface area contributed by atoms with Gasteiger partial charge in [0.2, 0.25) is 0 Å². The van der Waals surface area contributed by atoms with Gasteiger partial charge in [0.25, 0.3) is 5.91 Å². The Labute approximate surface area is 106 Å². The van der Waals surface area contributed by atoms with Gasteiger partial charge in [0.1, 0.15) is 0 Å². The Morgan fingerprint density at radius 3 is 2.89 bits per heavy atom. The minimum absolute atomic E-state index is 0.341. The Morgan fingerprint density at radius 1 is 1.50 bits per heavy atom. The number of carbonyl (C=O) groups excluding carboxylic acids is 1. The summed E-state index contributed by atoms with van der Waals surface area (Å²) in [5.74, 6) is 0.202. The monoisotopic (exact) mass is 252 g/mol. The van der Waals surface area contributed by atoms with Crippen molar-refractivity contribution in [2.75, 3.05) is 13.7 Å². The van der Waals surface area contributed by atoms with Crippen molar-refractivity contribution in [3.8, 4) is 0 Å². The standard InChI is InChI=1S/C12H20N4O2/c1-18-7-3-2-6-16-10(8-9-4-5-9)11(12(13)17)14-15-16/h9H,2-8H2,1H3,(H2,13,17). The second kappa shape index (κ2) is 5.95. The maximum absolute atomic E-state index is 11.3. The third kappa shape index (κ3) is 3.29. The molecule has 1 heterocycles. The van der Waals surface area contributed by atoms with Crippen LogP contribution in [-0.2, 0) is 17.7 Å². The molecule has 6 nitrogen and oxygen atoms in total. The zero-order valence-corrected chi connectivity index (χ0v) is 10.8. The number of nitrogens with zero attached hydrogens (tertiary/aromatic N) is 3. The molecule has 0 atom stereocenters. The second-order valence-electron chi connectivity index (χ2n) is 4.82. The highest BCUT2D eigenvalue weighted by atomic mass is 16.5. The molecule has 1 fully saturated rings. The number of amides is 1. The first-order chi connectivity index (χ1) is 8.72. The average Bonchev–Trinajstić information content (AvgIpc) is 3.05. The first-order valence-corrected chi connectivity index (χ1v) is 6.43. The summed E-state index contributed by atoms with van der Waals surface area (Å²) in [5, 5.41) is 7.94. The Kier molecular flexibility index (Phi) is 4.30. The molecule has 0 saturated heterocycles. The highest BCUT2D eigenvalue weighted by Gasteiger charge is 2.27. The molecule has 0 spiro atoms. The maximum atomic E-state index is 11.3. The van der Waals surface area contributed by atoms with Gasteiger partial charge in [0.15, 0.2) is 5.69 Å². The van der Waals surface area contributed by atoms with E-state index in [0.29, 0.717) is 11.6 Å². The number of aryl methyl sites for hydroxylation is 1. The fourth-order valence-electron chi connectivity index (χ4n) is 2.01. The molecular formula is C12H20N4O2. The van der Waals surface area contributed by atoms with Crippen LogP contribution in [0.3, 0.4) is 0 Å². The lowest BCUT2D eigenvalue weighted by Gasteiger charge is -2.06. The number of hydrogen-bond donors (Lipinski definition) is 1. The van der Waals surface area contributed by atoms with E-state index >= 15 is 0 Å². The van der Waals surface area contributed by atoms with Crippen molar-refractivity contribution in [2.24, 2.45) is 11.7 Å². The second-order valence-corrected chi connectivity index (χ2v) is 4.82. The van der Waals surface area contributed by atoms with E-state index in [-0.39, 0.29) is 0 Å².